The van der Waals surface area contributed by atoms with E-state index in [-0.39, 0.29) is 29.7 Å². The van der Waals surface area contributed by atoms with Crippen molar-refractivity contribution in [3.05, 3.63) is 30.1 Å². The lowest BCUT2D eigenvalue weighted by Crippen LogP contribution is -2.47. The van der Waals surface area contributed by atoms with Crippen LogP contribution in [-0.2, 0) is 4.79 Å². The van der Waals surface area contributed by atoms with Crippen LogP contribution in [0.1, 0.15) is 39.5 Å². The van der Waals surface area contributed by atoms with Gasteiger partial charge in [0, 0.05) is 29.7 Å². The molecule has 0 saturated heterocycles. The third kappa shape index (κ3) is 4.96. The molecule has 0 spiro atoms. The fraction of sp³-hybridized carbons (Fsp3) is 0.632. The van der Waals surface area contributed by atoms with Crippen molar-refractivity contribution < 1.29 is 14.3 Å². The van der Waals surface area contributed by atoms with Crippen LogP contribution in [0.3, 0.4) is 0 Å². The van der Waals surface area contributed by atoms with E-state index in [0.717, 1.165) is 24.2 Å². The molecule has 1 aromatic rings. The third-order valence-corrected chi connectivity index (χ3v) is 6.60. The van der Waals surface area contributed by atoms with Crippen LogP contribution in [0, 0.1) is 23.1 Å². The second-order valence-corrected chi connectivity index (χ2v) is 8.11. The summed E-state index contributed by atoms with van der Waals surface area (Å²) in [4.78, 5) is 13.3. The molecule has 1 aliphatic rings. The number of aliphatic hydroxyl groups excluding tert-OH is 1. The molecule has 3 nitrogen and oxygen atoms in total. The summed E-state index contributed by atoms with van der Waals surface area (Å²) >= 11 is 1.57. The highest BCUT2D eigenvalue weighted by molar-refractivity contribution is 7.99. The van der Waals surface area contributed by atoms with Crippen LogP contribution in [0.15, 0.2) is 29.2 Å². The number of rotatable bonds is 9. The zero-order chi connectivity index (χ0) is 17.6. The maximum absolute atomic E-state index is 12.9. The number of carbonyl (C=O) groups excluding carboxylic acids is 1. The number of halogens is 1. The van der Waals surface area contributed by atoms with E-state index in [9.17, 15) is 9.18 Å². The molecule has 2 rings (SSSR count). The summed E-state index contributed by atoms with van der Waals surface area (Å²) in [6, 6.07) is 6.36. The molecule has 0 unspecified atom stereocenters. The number of benzene rings is 1. The van der Waals surface area contributed by atoms with Crippen molar-refractivity contribution in [1.82, 2.24) is 5.32 Å². The second-order valence-electron chi connectivity index (χ2n) is 7.01. The molecule has 1 aromatic carbocycles. The first-order valence-corrected chi connectivity index (χ1v) is 9.72. The Morgan fingerprint density at radius 2 is 2.00 bits per heavy atom. The summed E-state index contributed by atoms with van der Waals surface area (Å²) in [7, 11) is 0. The molecule has 24 heavy (non-hydrogen) atoms. The molecular formula is C19H28FNO2S. The third-order valence-electron chi connectivity index (χ3n) is 5.33. The lowest BCUT2D eigenvalue weighted by atomic mass is 9.60. The summed E-state index contributed by atoms with van der Waals surface area (Å²) in [6.45, 7) is 5.02. The summed E-state index contributed by atoms with van der Waals surface area (Å²) in [5, 5.41) is 12.3. The van der Waals surface area contributed by atoms with Gasteiger partial charge >= 0.3 is 0 Å². The minimum Gasteiger partial charge on any atom is -0.396 e. The van der Waals surface area contributed by atoms with E-state index in [4.69, 9.17) is 5.11 Å². The molecule has 5 heteroatoms. The number of carbonyl (C=O) groups is 1. The van der Waals surface area contributed by atoms with Gasteiger partial charge in [0.2, 0.25) is 5.91 Å². The van der Waals surface area contributed by atoms with E-state index < -0.39 is 0 Å². The average Bonchev–Trinajstić information content (AvgIpc) is 2.53. The van der Waals surface area contributed by atoms with Crippen molar-refractivity contribution in [2.24, 2.45) is 17.3 Å². The molecule has 0 aromatic heterocycles. The van der Waals surface area contributed by atoms with Gasteiger partial charge in [-0.1, -0.05) is 20.3 Å². The normalized spacial score (nSPS) is 18.5. The molecular weight excluding hydrogens is 325 g/mol. The molecule has 2 N–H and O–H groups in total. The summed E-state index contributed by atoms with van der Waals surface area (Å²) < 4.78 is 12.9. The number of nitrogens with one attached hydrogen (secondary N) is 1. The molecule has 0 radical (unpaired) electrons. The molecule has 1 aliphatic carbocycles. The van der Waals surface area contributed by atoms with Crippen LogP contribution in [0.2, 0.25) is 0 Å². The van der Waals surface area contributed by atoms with E-state index in [1.165, 1.54) is 18.6 Å². The summed E-state index contributed by atoms with van der Waals surface area (Å²) in [5.74, 6) is 0.849. The van der Waals surface area contributed by atoms with Crippen LogP contribution in [-0.4, -0.2) is 29.9 Å². The van der Waals surface area contributed by atoms with Crippen molar-refractivity contribution in [1.29, 1.82) is 0 Å². The Balaban J connectivity index is 1.77. The topological polar surface area (TPSA) is 49.3 Å². The zero-order valence-electron chi connectivity index (χ0n) is 14.6. The van der Waals surface area contributed by atoms with Gasteiger partial charge in [-0.15, -0.1) is 11.8 Å². The van der Waals surface area contributed by atoms with E-state index in [1.807, 2.05) is 6.92 Å². The fourth-order valence-electron chi connectivity index (χ4n) is 3.24. The van der Waals surface area contributed by atoms with Crippen molar-refractivity contribution >= 4 is 17.7 Å². The first-order valence-electron chi connectivity index (χ1n) is 8.74. The summed E-state index contributed by atoms with van der Waals surface area (Å²) in [5.41, 5.74) is 0.169. The summed E-state index contributed by atoms with van der Waals surface area (Å²) in [6.07, 6.45) is 4.27. The molecule has 134 valence electrons. The zero-order valence-corrected chi connectivity index (χ0v) is 15.4. The van der Waals surface area contributed by atoms with Crippen molar-refractivity contribution in [2.45, 2.75) is 44.4 Å². The van der Waals surface area contributed by atoms with Gasteiger partial charge < -0.3 is 10.4 Å². The lowest BCUT2D eigenvalue weighted by Gasteiger charge is -2.47. The standard InChI is InChI=1S/C19H28FNO2S/c1-14(12-24-17-6-4-16(20)5-7-17)18(23)21-13-19(9-3-10-19)15(2)8-11-22/h4-7,14-15,22H,3,8-13H2,1-2H3,(H,21,23)/t14-,15-/m0/s1. The Hall–Kier alpha value is -1.07. The van der Waals surface area contributed by atoms with Crippen molar-refractivity contribution in [2.75, 3.05) is 18.9 Å². The Labute approximate surface area is 148 Å². The molecule has 0 aliphatic heterocycles. The van der Waals surface area contributed by atoms with E-state index in [1.54, 1.807) is 23.9 Å². The minimum atomic E-state index is -0.243. The molecule has 2 atom stereocenters. The predicted molar refractivity (Wildman–Crippen MR) is 96.4 cm³/mol. The highest BCUT2D eigenvalue weighted by Crippen LogP contribution is 2.47. The highest BCUT2D eigenvalue weighted by atomic mass is 32.2. The average molecular weight is 354 g/mol. The van der Waals surface area contributed by atoms with Gasteiger partial charge in [-0.25, -0.2) is 4.39 Å². The lowest BCUT2D eigenvalue weighted by molar-refractivity contribution is -0.125. The van der Waals surface area contributed by atoms with Crippen LogP contribution in [0.25, 0.3) is 0 Å². The Bertz CT molecular complexity index is 531. The van der Waals surface area contributed by atoms with Crippen LogP contribution >= 0.6 is 11.8 Å². The molecule has 0 bridgehead atoms. The number of thioether (sulfide) groups is 1. The van der Waals surface area contributed by atoms with Gasteiger partial charge in [-0.2, -0.15) is 0 Å². The maximum Gasteiger partial charge on any atom is 0.223 e. The van der Waals surface area contributed by atoms with Gasteiger partial charge in [-0.05, 0) is 54.9 Å². The first-order chi connectivity index (χ1) is 11.5. The number of aliphatic hydroxyl groups is 1. The van der Waals surface area contributed by atoms with Gasteiger partial charge in [0.1, 0.15) is 5.82 Å². The van der Waals surface area contributed by atoms with Crippen molar-refractivity contribution in [3.8, 4) is 0 Å². The number of amides is 1. The quantitative estimate of drug-likeness (QED) is 0.663. The SMILES string of the molecule is C[C@@H](CSc1ccc(F)cc1)C(=O)NCC1([C@@H](C)CCO)CCC1. The van der Waals surface area contributed by atoms with Gasteiger partial charge in [0.15, 0.2) is 0 Å². The van der Waals surface area contributed by atoms with Gasteiger partial charge in [-0.3, -0.25) is 4.79 Å². The Morgan fingerprint density at radius 1 is 1.33 bits per heavy atom. The van der Waals surface area contributed by atoms with E-state index in [0.29, 0.717) is 18.2 Å². The maximum atomic E-state index is 12.9. The largest absolute Gasteiger partial charge is 0.396 e. The van der Waals surface area contributed by atoms with E-state index in [2.05, 4.69) is 12.2 Å². The van der Waals surface area contributed by atoms with Gasteiger partial charge in [0.05, 0.1) is 0 Å². The van der Waals surface area contributed by atoms with E-state index >= 15 is 0 Å². The molecule has 0 heterocycles. The van der Waals surface area contributed by atoms with Gasteiger partial charge in [0.25, 0.3) is 0 Å². The smallest absolute Gasteiger partial charge is 0.223 e. The highest BCUT2D eigenvalue weighted by Gasteiger charge is 2.41. The molecule has 1 saturated carbocycles. The first kappa shape index (κ1) is 19.3. The van der Waals surface area contributed by atoms with Crippen molar-refractivity contribution in [3.63, 3.8) is 0 Å². The Morgan fingerprint density at radius 3 is 2.54 bits per heavy atom. The monoisotopic (exact) mass is 353 g/mol. The predicted octanol–water partition coefficient (Wildman–Crippen LogP) is 3.86. The number of hydrogen-bond donors (Lipinski definition) is 2. The molecule has 1 fully saturated rings. The van der Waals surface area contributed by atoms with Crippen LogP contribution in [0.5, 0.6) is 0 Å². The number of hydrogen-bond acceptors (Lipinski definition) is 3. The van der Waals surface area contributed by atoms with Crippen LogP contribution < -0.4 is 5.32 Å². The Kier molecular flexibility index (Phi) is 7.11. The molecule has 1 amide bonds. The second kappa shape index (κ2) is 8.86. The minimum absolute atomic E-state index is 0.0760. The fourth-order valence-corrected chi connectivity index (χ4v) is 4.16. The van der Waals surface area contributed by atoms with Crippen LogP contribution in [0.4, 0.5) is 4.39 Å².